The summed E-state index contributed by atoms with van der Waals surface area (Å²) in [5.41, 5.74) is 1.30. The van der Waals surface area contributed by atoms with Crippen molar-refractivity contribution in [3.63, 3.8) is 0 Å². The number of hydrogen-bond acceptors (Lipinski definition) is 3. The van der Waals surface area contributed by atoms with E-state index in [4.69, 9.17) is 4.74 Å². The SMILES string of the molecule is CCNC(c1ccc(OC)cc1)C(C)Sc1ccccc1. The van der Waals surface area contributed by atoms with Crippen molar-refractivity contribution >= 4 is 11.8 Å². The molecule has 0 bridgehead atoms. The number of methoxy groups -OCH3 is 1. The normalized spacial score (nSPS) is 13.7. The Balaban J connectivity index is 2.13. The van der Waals surface area contributed by atoms with Crippen molar-refractivity contribution in [2.75, 3.05) is 13.7 Å². The molecule has 0 spiro atoms. The van der Waals surface area contributed by atoms with E-state index in [0.717, 1.165) is 12.3 Å². The highest BCUT2D eigenvalue weighted by atomic mass is 32.2. The van der Waals surface area contributed by atoms with Gasteiger partial charge in [-0.25, -0.2) is 0 Å². The predicted molar refractivity (Wildman–Crippen MR) is 91.2 cm³/mol. The Morgan fingerprint density at radius 3 is 2.29 bits per heavy atom. The van der Waals surface area contributed by atoms with E-state index in [9.17, 15) is 0 Å². The predicted octanol–water partition coefficient (Wildman–Crippen LogP) is 4.53. The third kappa shape index (κ3) is 4.51. The maximum Gasteiger partial charge on any atom is 0.118 e. The van der Waals surface area contributed by atoms with E-state index < -0.39 is 0 Å². The molecular weight excluding hydrogens is 278 g/mol. The zero-order chi connectivity index (χ0) is 15.1. The zero-order valence-corrected chi connectivity index (χ0v) is 13.7. The molecule has 3 heteroatoms. The lowest BCUT2D eigenvalue weighted by atomic mass is 10.0. The molecule has 0 saturated carbocycles. The first kappa shape index (κ1) is 15.9. The largest absolute Gasteiger partial charge is 0.497 e. The van der Waals surface area contributed by atoms with Gasteiger partial charge in [-0.3, -0.25) is 0 Å². The molecule has 0 aromatic heterocycles. The average Bonchev–Trinajstić information content (AvgIpc) is 2.53. The van der Waals surface area contributed by atoms with Gasteiger partial charge in [0.15, 0.2) is 0 Å². The second-order valence-corrected chi connectivity index (χ2v) is 6.40. The molecule has 0 aliphatic heterocycles. The first-order valence-corrected chi connectivity index (χ1v) is 8.21. The average molecular weight is 301 g/mol. The van der Waals surface area contributed by atoms with E-state index >= 15 is 0 Å². The molecule has 0 amide bonds. The Bertz CT molecular complexity index is 527. The lowest BCUT2D eigenvalue weighted by molar-refractivity contribution is 0.414. The maximum absolute atomic E-state index is 5.24. The van der Waals surface area contributed by atoms with Gasteiger partial charge in [-0.15, -0.1) is 11.8 Å². The Kier molecular flexibility index (Phi) is 6.15. The van der Waals surface area contributed by atoms with E-state index in [0.29, 0.717) is 11.3 Å². The fourth-order valence-electron chi connectivity index (χ4n) is 2.37. The molecule has 112 valence electrons. The van der Waals surface area contributed by atoms with Crippen LogP contribution in [-0.2, 0) is 0 Å². The summed E-state index contributed by atoms with van der Waals surface area (Å²) in [7, 11) is 1.70. The monoisotopic (exact) mass is 301 g/mol. The number of rotatable bonds is 7. The van der Waals surface area contributed by atoms with Gasteiger partial charge in [0.25, 0.3) is 0 Å². The van der Waals surface area contributed by atoms with E-state index in [1.54, 1.807) is 7.11 Å². The van der Waals surface area contributed by atoms with Gasteiger partial charge in [-0.2, -0.15) is 0 Å². The molecule has 2 aromatic rings. The molecule has 0 heterocycles. The summed E-state index contributed by atoms with van der Waals surface area (Å²) >= 11 is 1.90. The Hall–Kier alpha value is -1.45. The molecule has 1 N–H and O–H groups in total. The number of hydrogen-bond donors (Lipinski definition) is 1. The van der Waals surface area contributed by atoms with Crippen molar-refractivity contribution in [2.24, 2.45) is 0 Å². The van der Waals surface area contributed by atoms with Gasteiger partial charge >= 0.3 is 0 Å². The van der Waals surface area contributed by atoms with Crippen molar-refractivity contribution in [1.82, 2.24) is 5.32 Å². The van der Waals surface area contributed by atoms with Crippen LogP contribution in [0.4, 0.5) is 0 Å². The molecular formula is C18H23NOS. The van der Waals surface area contributed by atoms with Crippen LogP contribution in [0.3, 0.4) is 0 Å². The number of thioether (sulfide) groups is 1. The lowest BCUT2D eigenvalue weighted by Gasteiger charge is -2.25. The summed E-state index contributed by atoms with van der Waals surface area (Å²) in [5.74, 6) is 0.900. The molecule has 0 fully saturated rings. The van der Waals surface area contributed by atoms with Gasteiger partial charge in [0.05, 0.1) is 7.11 Å². The minimum atomic E-state index is 0.325. The second kappa shape index (κ2) is 8.11. The molecule has 2 atom stereocenters. The summed E-state index contributed by atoms with van der Waals surface area (Å²) in [6, 6.07) is 19.2. The summed E-state index contributed by atoms with van der Waals surface area (Å²) in [6.07, 6.45) is 0. The first-order valence-electron chi connectivity index (χ1n) is 7.33. The van der Waals surface area contributed by atoms with Crippen molar-refractivity contribution < 1.29 is 4.74 Å². The van der Waals surface area contributed by atoms with Gasteiger partial charge in [0.2, 0.25) is 0 Å². The topological polar surface area (TPSA) is 21.3 Å². The standard InChI is InChI=1S/C18H23NOS/c1-4-19-18(15-10-12-16(20-3)13-11-15)14(2)21-17-8-6-5-7-9-17/h5-14,18-19H,4H2,1-3H3. The highest BCUT2D eigenvalue weighted by molar-refractivity contribution is 8.00. The number of ether oxygens (including phenoxy) is 1. The molecule has 2 aromatic carbocycles. The Labute approximate surface area is 131 Å². The van der Waals surface area contributed by atoms with Crippen LogP contribution >= 0.6 is 11.8 Å². The van der Waals surface area contributed by atoms with Crippen LogP contribution in [-0.4, -0.2) is 18.9 Å². The molecule has 0 radical (unpaired) electrons. The van der Waals surface area contributed by atoms with Gasteiger partial charge in [-0.1, -0.05) is 44.2 Å². The van der Waals surface area contributed by atoms with Crippen LogP contribution in [0.1, 0.15) is 25.5 Å². The molecule has 2 nitrogen and oxygen atoms in total. The second-order valence-electron chi connectivity index (χ2n) is 4.94. The van der Waals surface area contributed by atoms with Crippen molar-refractivity contribution in [2.45, 2.75) is 30.0 Å². The third-order valence-electron chi connectivity index (χ3n) is 3.43. The van der Waals surface area contributed by atoms with Gasteiger partial charge in [0, 0.05) is 16.2 Å². The van der Waals surface area contributed by atoms with E-state index in [2.05, 4.69) is 61.6 Å². The Morgan fingerprint density at radius 2 is 1.71 bits per heavy atom. The van der Waals surface area contributed by atoms with Crippen LogP contribution in [0.15, 0.2) is 59.5 Å². The molecule has 21 heavy (non-hydrogen) atoms. The highest BCUT2D eigenvalue weighted by Crippen LogP contribution is 2.32. The summed E-state index contributed by atoms with van der Waals surface area (Å²) in [6.45, 7) is 5.38. The van der Waals surface area contributed by atoms with Crippen LogP contribution in [0, 0.1) is 0 Å². The third-order valence-corrected chi connectivity index (χ3v) is 4.62. The molecule has 0 saturated heterocycles. The maximum atomic E-state index is 5.24. The smallest absolute Gasteiger partial charge is 0.118 e. The van der Waals surface area contributed by atoms with Crippen LogP contribution < -0.4 is 10.1 Å². The van der Waals surface area contributed by atoms with Crippen molar-refractivity contribution in [1.29, 1.82) is 0 Å². The van der Waals surface area contributed by atoms with Crippen molar-refractivity contribution in [3.05, 3.63) is 60.2 Å². The first-order chi connectivity index (χ1) is 10.2. The minimum absolute atomic E-state index is 0.325. The lowest BCUT2D eigenvalue weighted by Crippen LogP contribution is -2.28. The molecule has 0 aliphatic rings. The zero-order valence-electron chi connectivity index (χ0n) is 12.9. The van der Waals surface area contributed by atoms with Crippen LogP contribution in [0.2, 0.25) is 0 Å². The number of benzene rings is 2. The van der Waals surface area contributed by atoms with Gasteiger partial charge < -0.3 is 10.1 Å². The number of nitrogens with one attached hydrogen (secondary N) is 1. The van der Waals surface area contributed by atoms with Crippen LogP contribution in [0.25, 0.3) is 0 Å². The molecule has 2 unspecified atom stereocenters. The summed E-state index contributed by atoms with van der Waals surface area (Å²) in [5, 5.41) is 4.04. The fourth-order valence-corrected chi connectivity index (χ4v) is 3.50. The van der Waals surface area contributed by atoms with E-state index in [1.807, 2.05) is 23.9 Å². The van der Waals surface area contributed by atoms with E-state index in [-0.39, 0.29) is 0 Å². The summed E-state index contributed by atoms with van der Waals surface area (Å²) in [4.78, 5) is 1.31. The quantitative estimate of drug-likeness (QED) is 0.759. The van der Waals surface area contributed by atoms with Crippen LogP contribution in [0.5, 0.6) is 5.75 Å². The Morgan fingerprint density at radius 1 is 1.05 bits per heavy atom. The highest BCUT2D eigenvalue weighted by Gasteiger charge is 2.19. The van der Waals surface area contributed by atoms with Gasteiger partial charge in [-0.05, 0) is 36.4 Å². The minimum Gasteiger partial charge on any atom is -0.497 e. The summed E-state index contributed by atoms with van der Waals surface area (Å²) < 4.78 is 5.24. The fraction of sp³-hybridized carbons (Fsp3) is 0.333. The molecule has 0 aliphatic carbocycles. The van der Waals surface area contributed by atoms with Crippen molar-refractivity contribution in [3.8, 4) is 5.75 Å². The van der Waals surface area contributed by atoms with Gasteiger partial charge in [0.1, 0.15) is 5.75 Å². The van der Waals surface area contributed by atoms with E-state index in [1.165, 1.54) is 10.5 Å². The molecule has 2 rings (SSSR count).